The SMILES string of the molecule is CC[C@@H](C(C)C)[C@H](O)[C@@H](O)C(C)[C@H]1CC[C@H]2[C@@H]3CC[C@@]4(O)C[C@@H](O)CC[C@]4(C)[C@H]3CC[C@]12C. The molecular formula is C29H52O4. The molecule has 0 aliphatic heterocycles. The van der Waals surface area contributed by atoms with Gasteiger partial charge in [-0.25, -0.2) is 0 Å². The average molecular weight is 465 g/mol. The number of rotatable bonds is 6. The van der Waals surface area contributed by atoms with Gasteiger partial charge < -0.3 is 20.4 Å². The van der Waals surface area contributed by atoms with Crippen LogP contribution in [0.25, 0.3) is 0 Å². The zero-order chi connectivity index (χ0) is 24.3. The summed E-state index contributed by atoms with van der Waals surface area (Å²) in [5.74, 6) is 2.87. The minimum absolute atomic E-state index is 0.0818. The molecule has 0 aromatic carbocycles. The predicted molar refractivity (Wildman–Crippen MR) is 132 cm³/mol. The van der Waals surface area contributed by atoms with Gasteiger partial charge in [0, 0.05) is 6.42 Å². The van der Waals surface area contributed by atoms with Gasteiger partial charge in [0.2, 0.25) is 0 Å². The van der Waals surface area contributed by atoms with Crippen LogP contribution in [0.1, 0.15) is 106 Å². The number of fused-ring (bicyclic) bond motifs is 5. The summed E-state index contributed by atoms with van der Waals surface area (Å²) in [6, 6.07) is 0. The Morgan fingerprint density at radius 3 is 2.18 bits per heavy atom. The third-order valence-electron chi connectivity index (χ3n) is 12.1. The lowest BCUT2D eigenvalue weighted by molar-refractivity contribution is -0.221. The Morgan fingerprint density at radius 2 is 1.55 bits per heavy atom. The fourth-order valence-electron chi connectivity index (χ4n) is 10.0. The van der Waals surface area contributed by atoms with E-state index < -0.39 is 17.8 Å². The van der Waals surface area contributed by atoms with E-state index in [1.165, 1.54) is 6.42 Å². The predicted octanol–water partition coefficient (Wildman–Crippen LogP) is 5.16. The van der Waals surface area contributed by atoms with Crippen LogP contribution in [0.15, 0.2) is 0 Å². The lowest BCUT2D eigenvalue weighted by atomic mass is 9.43. The first kappa shape index (κ1) is 25.9. The fraction of sp³-hybridized carbons (Fsp3) is 1.00. The van der Waals surface area contributed by atoms with E-state index in [1.54, 1.807) is 0 Å². The van der Waals surface area contributed by atoms with Gasteiger partial charge in [-0.3, -0.25) is 0 Å². The van der Waals surface area contributed by atoms with E-state index in [9.17, 15) is 20.4 Å². The molecule has 0 saturated heterocycles. The molecule has 4 nitrogen and oxygen atoms in total. The van der Waals surface area contributed by atoms with Crippen LogP contribution in [-0.2, 0) is 0 Å². The third kappa shape index (κ3) is 3.94. The van der Waals surface area contributed by atoms with Crippen molar-refractivity contribution in [3.05, 3.63) is 0 Å². The molecule has 4 N–H and O–H groups in total. The largest absolute Gasteiger partial charge is 0.393 e. The average Bonchev–Trinajstić information content (AvgIpc) is 3.11. The molecule has 0 radical (unpaired) electrons. The summed E-state index contributed by atoms with van der Waals surface area (Å²) in [7, 11) is 0. The van der Waals surface area contributed by atoms with Gasteiger partial charge in [0.25, 0.3) is 0 Å². The van der Waals surface area contributed by atoms with E-state index in [0.717, 1.165) is 51.4 Å². The molecule has 0 heterocycles. The van der Waals surface area contributed by atoms with Crippen LogP contribution in [0, 0.1) is 52.3 Å². The second-order valence-corrected chi connectivity index (χ2v) is 13.6. The van der Waals surface area contributed by atoms with Crippen LogP contribution < -0.4 is 0 Å². The van der Waals surface area contributed by atoms with Gasteiger partial charge in [-0.05, 0) is 104 Å². The molecule has 0 spiro atoms. The number of aliphatic hydroxyl groups is 4. The molecule has 33 heavy (non-hydrogen) atoms. The molecule has 0 aromatic rings. The molecule has 0 aromatic heterocycles. The summed E-state index contributed by atoms with van der Waals surface area (Å²) < 4.78 is 0. The van der Waals surface area contributed by atoms with Gasteiger partial charge in [-0.2, -0.15) is 0 Å². The first-order valence-electron chi connectivity index (χ1n) is 14.2. The lowest BCUT2D eigenvalue weighted by Gasteiger charge is -2.64. The highest BCUT2D eigenvalue weighted by Gasteiger charge is 2.65. The Kier molecular flexibility index (Phi) is 7.11. The Labute approximate surface area is 202 Å². The van der Waals surface area contributed by atoms with Crippen molar-refractivity contribution in [3.63, 3.8) is 0 Å². The maximum absolute atomic E-state index is 11.6. The Balaban J connectivity index is 1.53. The van der Waals surface area contributed by atoms with Crippen molar-refractivity contribution < 1.29 is 20.4 Å². The topological polar surface area (TPSA) is 80.9 Å². The number of hydrogen-bond donors (Lipinski definition) is 4. The molecule has 4 aliphatic rings. The maximum Gasteiger partial charge on any atom is 0.0832 e. The standard InChI is InChI=1S/C29H52O4/c1-7-20(17(2)3)26(32)25(31)18(4)22-8-9-23-21-11-15-29(33)16-19(30)10-14-28(29,6)24(21)12-13-27(22,23)5/h17-26,30-33H,7-16H2,1-6H3/t18?,19-,20-,21-,22+,23-,24-,25-,26-,27+,28+,29+/m0/s1. The van der Waals surface area contributed by atoms with Gasteiger partial charge in [0.05, 0.1) is 23.9 Å². The molecule has 1 unspecified atom stereocenters. The van der Waals surface area contributed by atoms with Crippen molar-refractivity contribution >= 4 is 0 Å². The van der Waals surface area contributed by atoms with Gasteiger partial charge >= 0.3 is 0 Å². The third-order valence-corrected chi connectivity index (χ3v) is 12.1. The molecule has 4 heteroatoms. The molecule has 4 fully saturated rings. The molecular weight excluding hydrogens is 412 g/mol. The summed E-state index contributed by atoms with van der Waals surface area (Å²) in [4.78, 5) is 0. The van der Waals surface area contributed by atoms with E-state index in [-0.39, 0.29) is 28.8 Å². The summed E-state index contributed by atoms with van der Waals surface area (Å²) in [5.41, 5.74) is -0.584. The van der Waals surface area contributed by atoms with Crippen LogP contribution in [0.5, 0.6) is 0 Å². The second-order valence-electron chi connectivity index (χ2n) is 13.6. The maximum atomic E-state index is 11.6. The monoisotopic (exact) mass is 464 g/mol. The van der Waals surface area contributed by atoms with Crippen molar-refractivity contribution in [1.29, 1.82) is 0 Å². The van der Waals surface area contributed by atoms with Crippen LogP contribution in [0.3, 0.4) is 0 Å². The van der Waals surface area contributed by atoms with E-state index in [1.807, 2.05) is 0 Å². The number of aliphatic hydroxyl groups excluding tert-OH is 3. The zero-order valence-electron chi connectivity index (χ0n) is 22.1. The highest BCUT2D eigenvalue weighted by Crippen LogP contribution is 2.69. The van der Waals surface area contributed by atoms with E-state index in [2.05, 4.69) is 41.5 Å². The van der Waals surface area contributed by atoms with Crippen LogP contribution in [0.4, 0.5) is 0 Å². The minimum Gasteiger partial charge on any atom is -0.393 e. The molecule has 4 saturated carbocycles. The van der Waals surface area contributed by atoms with Gasteiger partial charge in [-0.15, -0.1) is 0 Å². The summed E-state index contributed by atoms with van der Waals surface area (Å²) in [6.07, 6.45) is 8.10. The smallest absolute Gasteiger partial charge is 0.0832 e. The van der Waals surface area contributed by atoms with Crippen molar-refractivity contribution in [2.45, 2.75) is 130 Å². The highest BCUT2D eigenvalue weighted by molar-refractivity contribution is 5.14. The van der Waals surface area contributed by atoms with Crippen molar-refractivity contribution in [3.8, 4) is 0 Å². The molecule has 0 bridgehead atoms. The van der Waals surface area contributed by atoms with Gasteiger partial charge in [0.15, 0.2) is 0 Å². The van der Waals surface area contributed by atoms with Crippen LogP contribution in [0.2, 0.25) is 0 Å². The zero-order valence-corrected chi connectivity index (χ0v) is 22.1. The second kappa shape index (κ2) is 9.05. The molecule has 4 rings (SSSR count). The summed E-state index contributed by atoms with van der Waals surface area (Å²) >= 11 is 0. The Hall–Kier alpha value is -0.160. The highest BCUT2D eigenvalue weighted by atomic mass is 16.3. The molecule has 4 aliphatic carbocycles. The number of hydrogen-bond acceptors (Lipinski definition) is 4. The first-order valence-corrected chi connectivity index (χ1v) is 14.2. The van der Waals surface area contributed by atoms with Crippen molar-refractivity contribution in [1.82, 2.24) is 0 Å². The van der Waals surface area contributed by atoms with E-state index >= 15 is 0 Å². The molecule has 192 valence electrons. The minimum atomic E-state index is -0.711. The first-order chi connectivity index (χ1) is 15.4. The Morgan fingerprint density at radius 1 is 0.848 bits per heavy atom. The normalized spacial score (nSPS) is 49.0. The summed E-state index contributed by atoms with van der Waals surface area (Å²) in [6.45, 7) is 13.4. The van der Waals surface area contributed by atoms with Crippen LogP contribution in [-0.4, -0.2) is 44.3 Å². The van der Waals surface area contributed by atoms with Gasteiger partial charge in [-0.1, -0.05) is 48.0 Å². The van der Waals surface area contributed by atoms with E-state index in [4.69, 9.17) is 0 Å². The van der Waals surface area contributed by atoms with Crippen LogP contribution >= 0.6 is 0 Å². The Bertz CT molecular complexity index is 695. The van der Waals surface area contributed by atoms with Crippen molar-refractivity contribution in [2.24, 2.45) is 52.3 Å². The van der Waals surface area contributed by atoms with E-state index in [0.29, 0.717) is 36.0 Å². The van der Waals surface area contributed by atoms with Crippen molar-refractivity contribution in [2.75, 3.05) is 0 Å². The molecule has 0 amide bonds. The lowest BCUT2D eigenvalue weighted by Crippen LogP contribution is -2.63. The van der Waals surface area contributed by atoms with Gasteiger partial charge in [0.1, 0.15) is 0 Å². The molecule has 12 atom stereocenters. The summed E-state index contributed by atoms with van der Waals surface area (Å²) in [5, 5.41) is 44.3. The quantitative estimate of drug-likeness (QED) is 0.438. The fourth-order valence-corrected chi connectivity index (χ4v) is 10.0.